The van der Waals surface area contributed by atoms with Crippen molar-refractivity contribution in [1.29, 1.82) is 0 Å². The maximum Gasteiger partial charge on any atom is 0.246 e. The summed E-state index contributed by atoms with van der Waals surface area (Å²) in [7, 11) is 0. The quantitative estimate of drug-likeness (QED) is 0.562. The van der Waals surface area contributed by atoms with Crippen molar-refractivity contribution in [1.82, 2.24) is 14.5 Å². The molecule has 1 heterocycles. The lowest BCUT2D eigenvalue weighted by Crippen LogP contribution is -2.40. The molecule has 7 heteroatoms. The Kier molecular flexibility index (Phi) is 5.47. The minimum atomic E-state index is -0.229. The van der Waals surface area contributed by atoms with Gasteiger partial charge in [0.1, 0.15) is 6.54 Å². The Labute approximate surface area is 192 Å². The number of hydrogen-bond acceptors (Lipinski definition) is 3. The van der Waals surface area contributed by atoms with E-state index in [0.29, 0.717) is 11.0 Å². The zero-order valence-corrected chi connectivity index (χ0v) is 18.7. The van der Waals surface area contributed by atoms with Crippen LogP contribution in [0.4, 0.5) is 5.95 Å². The Hall–Kier alpha value is -3.12. The number of anilines is 1. The van der Waals surface area contributed by atoms with Crippen LogP contribution in [0.25, 0.3) is 16.9 Å². The van der Waals surface area contributed by atoms with Crippen molar-refractivity contribution in [2.45, 2.75) is 38.6 Å². The third-order valence-corrected chi connectivity index (χ3v) is 6.14. The van der Waals surface area contributed by atoms with Crippen LogP contribution in [0.2, 0.25) is 5.02 Å². The van der Waals surface area contributed by atoms with E-state index in [1.165, 1.54) is 0 Å². The zero-order valence-electron chi connectivity index (χ0n) is 17.9. The molecule has 5 rings (SSSR count). The van der Waals surface area contributed by atoms with E-state index < -0.39 is 0 Å². The van der Waals surface area contributed by atoms with E-state index in [2.05, 4.69) is 5.32 Å². The topological polar surface area (TPSA) is 67.2 Å². The van der Waals surface area contributed by atoms with Crippen LogP contribution in [0.1, 0.15) is 31.2 Å². The summed E-state index contributed by atoms with van der Waals surface area (Å²) in [5.74, 6) is 0.425. The van der Waals surface area contributed by atoms with Crippen LogP contribution in [-0.4, -0.2) is 38.9 Å². The highest BCUT2D eigenvalue weighted by Crippen LogP contribution is 2.36. The van der Waals surface area contributed by atoms with Gasteiger partial charge in [-0.15, -0.1) is 0 Å². The molecule has 164 valence electrons. The molecule has 2 amide bonds. The Balaban J connectivity index is 1.42. The first kappa shape index (κ1) is 20.8. The Morgan fingerprint density at radius 2 is 1.88 bits per heavy atom. The molecule has 0 aliphatic heterocycles. The Morgan fingerprint density at radius 1 is 1.12 bits per heavy atom. The number of benzene rings is 2. The number of carbonyl (C=O) groups excluding carboxylic acids is 2. The Morgan fingerprint density at radius 3 is 2.53 bits per heavy atom. The van der Waals surface area contributed by atoms with E-state index in [-0.39, 0.29) is 30.3 Å². The summed E-state index contributed by atoms with van der Waals surface area (Å²) < 4.78 is 1.87. The lowest BCUT2D eigenvalue weighted by molar-refractivity contribution is -0.136. The lowest BCUT2D eigenvalue weighted by Gasteiger charge is -2.21. The molecule has 2 aliphatic rings. The van der Waals surface area contributed by atoms with Crippen molar-refractivity contribution < 1.29 is 9.59 Å². The van der Waals surface area contributed by atoms with Crippen molar-refractivity contribution in [3.05, 3.63) is 65.3 Å². The molecule has 2 fully saturated rings. The molecule has 0 unspecified atom stereocenters. The van der Waals surface area contributed by atoms with E-state index in [1.54, 1.807) is 4.90 Å². The molecule has 1 aromatic heterocycles. The van der Waals surface area contributed by atoms with Crippen LogP contribution in [0, 0.1) is 12.8 Å². The normalized spacial score (nSPS) is 15.4. The molecule has 0 radical (unpaired) electrons. The number of imidazole rings is 1. The number of halogens is 1. The summed E-state index contributed by atoms with van der Waals surface area (Å²) in [5.41, 5.74) is 3.64. The maximum atomic E-state index is 13.0. The van der Waals surface area contributed by atoms with Gasteiger partial charge in [-0.1, -0.05) is 35.9 Å². The molecule has 0 atom stereocenters. The van der Waals surface area contributed by atoms with Crippen molar-refractivity contribution in [2.75, 3.05) is 11.9 Å². The number of carbonyl (C=O) groups is 2. The van der Waals surface area contributed by atoms with Crippen molar-refractivity contribution in [3.8, 4) is 16.9 Å². The minimum absolute atomic E-state index is 0.0664. The number of hydrogen-bond donors (Lipinski definition) is 1. The van der Waals surface area contributed by atoms with E-state index in [9.17, 15) is 9.59 Å². The summed E-state index contributed by atoms with van der Waals surface area (Å²) in [6.07, 6.45) is 5.73. The second-order valence-corrected chi connectivity index (χ2v) is 9.12. The molecular formula is C25H25ClN4O2. The summed E-state index contributed by atoms with van der Waals surface area (Å²) in [6, 6.07) is 15.7. The van der Waals surface area contributed by atoms with Gasteiger partial charge >= 0.3 is 0 Å². The third kappa shape index (κ3) is 4.55. The predicted octanol–water partition coefficient (Wildman–Crippen LogP) is 4.84. The minimum Gasteiger partial charge on any atom is -0.330 e. The van der Waals surface area contributed by atoms with Crippen LogP contribution in [0.15, 0.2) is 54.7 Å². The van der Waals surface area contributed by atoms with E-state index in [4.69, 9.17) is 16.6 Å². The van der Waals surface area contributed by atoms with Gasteiger partial charge in [0.25, 0.3) is 0 Å². The van der Waals surface area contributed by atoms with Gasteiger partial charge in [-0.25, -0.2) is 4.98 Å². The largest absolute Gasteiger partial charge is 0.330 e. The van der Waals surface area contributed by atoms with E-state index in [1.807, 2.05) is 66.2 Å². The van der Waals surface area contributed by atoms with Crippen LogP contribution in [-0.2, 0) is 9.59 Å². The molecule has 6 nitrogen and oxygen atoms in total. The highest BCUT2D eigenvalue weighted by atomic mass is 35.5. The first-order valence-electron chi connectivity index (χ1n) is 11.0. The van der Waals surface area contributed by atoms with Gasteiger partial charge in [0.05, 0.1) is 5.69 Å². The Bertz CT molecular complexity index is 1160. The highest BCUT2D eigenvalue weighted by molar-refractivity contribution is 6.30. The predicted molar refractivity (Wildman–Crippen MR) is 125 cm³/mol. The van der Waals surface area contributed by atoms with Gasteiger partial charge in [0.2, 0.25) is 17.8 Å². The highest BCUT2D eigenvalue weighted by Gasteiger charge is 2.40. The first-order valence-corrected chi connectivity index (χ1v) is 11.4. The fourth-order valence-corrected chi connectivity index (χ4v) is 3.99. The van der Waals surface area contributed by atoms with E-state index >= 15 is 0 Å². The SMILES string of the molecule is Cc1cccc(-n2cc(-c3ccc(Cl)cc3)nc2NC(=O)CN(C(=O)C2CC2)C2CC2)c1. The maximum absolute atomic E-state index is 13.0. The molecular weight excluding hydrogens is 424 g/mol. The fraction of sp³-hybridized carbons (Fsp3) is 0.320. The smallest absolute Gasteiger partial charge is 0.246 e. The van der Waals surface area contributed by atoms with Gasteiger partial charge in [-0.2, -0.15) is 0 Å². The molecule has 2 aliphatic carbocycles. The first-order chi connectivity index (χ1) is 15.5. The number of nitrogens with zero attached hydrogens (tertiary/aromatic N) is 3. The van der Waals surface area contributed by atoms with Crippen molar-refractivity contribution >= 4 is 29.4 Å². The molecule has 3 aromatic rings. The van der Waals surface area contributed by atoms with Crippen LogP contribution in [0.5, 0.6) is 0 Å². The van der Waals surface area contributed by atoms with Gasteiger partial charge in [-0.05, 0) is 62.4 Å². The molecule has 2 aromatic carbocycles. The molecule has 0 saturated heterocycles. The van der Waals surface area contributed by atoms with Crippen LogP contribution in [0.3, 0.4) is 0 Å². The second-order valence-electron chi connectivity index (χ2n) is 8.69. The number of nitrogens with one attached hydrogen (secondary N) is 1. The average molecular weight is 449 g/mol. The van der Waals surface area contributed by atoms with Crippen molar-refractivity contribution in [2.24, 2.45) is 5.92 Å². The fourth-order valence-electron chi connectivity index (χ4n) is 3.86. The monoisotopic (exact) mass is 448 g/mol. The van der Waals surface area contributed by atoms with E-state index in [0.717, 1.165) is 48.2 Å². The molecule has 2 saturated carbocycles. The standard InChI is InChI=1S/C25H25ClN4O2/c1-16-3-2-4-21(13-16)30-14-22(17-7-9-19(26)10-8-17)27-25(30)28-23(31)15-29(20-11-12-20)24(32)18-5-6-18/h2-4,7-10,13-14,18,20H,5-6,11-12,15H2,1H3,(H,27,28,31). The lowest BCUT2D eigenvalue weighted by atomic mass is 10.2. The third-order valence-electron chi connectivity index (χ3n) is 5.89. The van der Waals surface area contributed by atoms with Crippen LogP contribution >= 0.6 is 11.6 Å². The molecule has 0 spiro atoms. The second kappa shape index (κ2) is 8.43. The number of aromatic nitrogens is 2. The molecule has 32 heavy (non-hydrogen) atoms. The molecule has 0 bridgehead atoms. The van der Waals surface area contributed by atoms with Crippen molar-refractivity contribution in [3.63, 3.8) is 0 Å². The zero-order chi connectivity index (χ0) is 22.2. The van der Waals surface area contributed by atoms with Gasteiger partial charge in [-0.3, -0.25) is 19.5 Å². The summed E-state index contributed by atoms with van der Waals surface area (Å²) in [5, 5.41) is 3.60. The van der Waals surface area contributed by atoms with Gasteiger partial charge in [0.15, 0.2) is 0 Å². The summed E-state index contributed by atoms with van der Waals surface area (Å²) in [4.78, 5) is 32.1. The number of aryl methyl sites for hydroxylation is 1. The molecule has 1 N–H and O–H groups in total. The summed E-state index contributed by atoms with van der Waals surface area (Å²) in [6.45, 7) is 2.09. The van der Waals surface area contributed by atoms with Gasteiger partial charge in [0, 0.05) is 34.4 Å². The summed E-state index contributed by atoms with van der Waals surface area (Å²) >= 11 is 6.03. The number of amides is 2. The number of rotatable bonds is 7. The average Bonchev–Trinajstić information content (AvgIpc) is 3.70. The van der Waals surface area contributed by atoms with Gasteiger partial charge < -0.3 is 4.90 Å². The van der Waals surface area contributed by atoms with Crippen LogP contribution < -0.4 is 5.32 Å².